The second kappa shape index (κ2) is 14.1. The third-order valence-corrected chi connectivity index (χ3v) is 6.71. The molecule has 35 heavy (non-hydrogen) atoms. The summed E-state index contributed by atoms with van der Waals surface area (Å²) in [6.45, 7) is 11.2. The van der Waals surface area contributed by atoms with Crippen molar-refractivity contribution in [3.63, 3.8) is 0 Å². The van der Waals surface area contributed by atoms with Gasteiger partial charge >= 0.3 is 26.2 Å². The number of aryl methyl sites for hydroxylation is 1. The number of hydrogen-bond donors (Lipinski definition) is 0. The Morgan fingerprint density at radius 2 is 1.43 bits per heavy atom. The fourth-order valence-corrected chi connectivity index (χ4v) is 4.85. The molecule has 0 aliphatic heterocycles. The summed E-state index contributed by atoms with van der Waals surface area (Å²) in [5, 5.41) is 5.50. The van der Waals surface area contributed by atoms with E-state index in [-0.39, 0.29) is 47.1 Å². The Labute approximate surface area is 234 Å². The summed E-state index contributed by atoms with van der Waals surface area (Å²) in [4.78, 5) is 5.19. The van der Waals surface area contributed by atoms with E-state index in [4.69, 9.17) is 10.3 Å². The molecular formula is C32H42N2Zr-. The first kappa shape index (κ1) is 31.3. The van der Waals surface area contributed by atoms with Crippen LogP contribution >= 0.6 is 0 Å². The van der Waals surface area contributed by atoms with Gasteiger partial charge in [0.15, 0.2) is 0 Å². The van der Waals surface area contributed by atoms with Gasteiger partial charge in [0, 0.05) is 11.4 Å². The van der Waals surface area contributed by atoms with Crippen LogP contribution in [0.5, 0.6) is 0 Å². The van der Waals surface area contributed by atoms with Crippen LogP contribution in [0.3, 0.4) is 0 Å². The van der Waals surface area contributed by atoms with E-state index < -0.39 is 0 Å². The largest absolute Gasteiger partial charge is 3.00 e. The van der Waals surface area contributed by atoms with Crippen LogP contribution in [0.1, 0.15) is 104 Å². The Morgan fingerprint density at radius 3 is 2.00 bits per heavy atom. The third-order valence-electron chi connectivity index (χ3n) is 6.71. The Kier molecular flexibility index (Phi) is 12.6. The molecule has 1 radical (unpaired) electrons. The minimum absolute atomic E-state index is 0. The maximum absolute atomic E-state index is 5.50. The van der Waals surface area contributed by atoms with Crippen LogP contribution < -0.4 is 0 Å². The van der Waals surface area contributed by atoms with Crippen LogP contribution in [-0.2, 0) is 26.2 Å². The zero-order chi connectivity index (χ0) is 22.7. The monoisotopic (exact) mass is 544 g/mol. The van der Waals surface area contributed by atoms with Gasteiger partial charge in [-0.25, -0.2) is 0 Å². The molecule has 2 aromatic carbocycles. The molecule has 185 valence electrons. The molecule has 0 amide bonds. The molecule has 1 aliphatic rings. The maximum Gasteiger partial charge on any atom is 3.00 e. The van der Waals surface area contributed by atoms with Crippen molar-refractivity contribution in [1.82, 2.24) is 4.98 Å². The Morgan fingerprint density at radius 1 is 0.829 bits per heavy atom. The molecule has 4 rings (SSSR count). The number of aromatic nitrogens is 1. The van der Waals surface area contributed by atoms with Crippen LogP contribution in [0.25, 0.3) is 5.32 Å². The average molecular weight is 546 g/mol. The summed E-state index contributed by atoms with van der Waals surface area (Å²) in [6, 6.07) is 21.7. The van der Waals surface area contributed by atoms with Crippen molar-refractivity contribution in [3.8, 4) is 0 Å². The Hall–Kier alpha value is -1.73. The summed E-state index contributed by atoms with van der Waals surface area (Å²) in [5.41, 5.74) is 8.51. The van der Waals surface area contributed by atoms with Gasteiger partial charge in [-0.1, -0.05) is 106 Å². The maximum atomic E-state index is 5.50. The predicted molar refractivity (Wildman–Crippen MR) is 149 cm³/mol. The fourth-order valence-electron chi connectivity index (χ4n) is 4.85. The van der Waals surface area contributed by atoms with Gasteiger partial charge in [0.05, 0.1) is 0 Å². The molecule has 0 saturated heterocycles. The van der Waals surface area contributed by atoms with Gasteiger partial charge < -0.3 is 26.6 Å². The van der Waals surface area contributed by atoms with Crippen molar-refractivity contribution in [2.24, 2.45) is 0 Å². The van der Waals surface area contributed by atoms with E-state index in [2.05, 4.69) is 102 Å². The molecule has 2 nitrogen and oxygen atoms in total. The molecule has 2 atom stereocenters. The number of nitrogens with zero attached hydrogens (tertiary/aromatic N) is 2. The quantitative estimate of drug-likeness (QED) is 0.271. The van der Waals surface area contributed by atoms with Crippen LogP contribution in [0, 0.1) is 28.2 Å². The van der Waals surface area contributed by atoms with E-state index in [0.29, 0.717) is 17.8 Å². The van der Waals surface area contributed by atoms with Gasteiger partial charge in [-0.3, -0.25) is 4.98 Å². The van der Waals surface area contributed by atoms with Crippen molar-refractivity contribution >= 4 is 5.69 Å². The Balaban J connectivity index is 0.00000204. The fraction of sp³-hybridized carbons (Fsp3) is 0.375. The van der Waals surface area contributed by atoms with E-state index in [0.717, 1.165) is 11.4 Å². The number of hydrogen-bond acceptors (Lipinski definition) is 1. The van der Waals surface area contributed by atoms with Gasteiger partial charge in [0.2, 0.25) is 0 Å². The van der Waals surface area contributed by atoms with Crippen molar-refractivity contribution in [2.45, 2.75) is 77.7 Å². The molecule has 3 aromatic rings. The van der Waals surface area contributed by atoms with Gasteiger partial charge in [-0.2, -0.15) is 6.42 Å². The molecule has 1 fully saturated rings. The molecule has 2 unspecified atom stereocenters. The molecule has 1 heterocycles. The van der Waals surface area contributed by atoms with E-state index in [1.165, 1.54) is 47.2 Å². The average Bonchev–Trinajstić information content (AvgIpc) is 3.33. The second-order valence-corrected chi connectivity index (χ2v) is 9.74. The first-order chi connectivity index (χ1) is 15.5. The third kappa shape index (κ3) is 7.16. The van der Waals surface area contributed by atoms with Gasteiger partial charge in [0.1, 0.15) is 0 Å². The van der Waals surface area contributed by atoms with E-state index in [1.54, 1.807) is 0 Å². The first-order valence-corrected chi connectivity index (χ1v) is 12.1. The normalized spacial score (nSPS) is 15.7. The summed E-state index contributed by atoms with van der Waals surface area (Å²) in [6.07, 6.45) is 6.09. The minimum Gasteiger partial charge on any atom is -0.673 e. The molecular weight excluding hydrogens is 504 g/mol. The van der Waals surface area contributed by atoms with E-state index in [1.807, 2.05) is 0 Å². The summed E-state index contributed by atoms with van der Waals surface area (Å²) >= 11 is 0. The molecule has 0 N–H and O–H groups in total. The molecule has 1 aliphatic carbocycles. The van der Waals surface area contributed by atoms with E-state index in [9.17, 15) is 0 Å². The van der Waals surface area contributed by atoms with Crippen LogP contribution in [0.2, 0.25) is 0 Å². The predicted octanol–water partition coefficient (Wildman–Crippen LogP) is 9.80. The van der Waals surface area contributed by atoms with Crippen LogP contribution in [0.15, 0.2) is 60.7 Å². The second-order valence-electron chi connectivity index (χ2n) is 9.74. The summed E-state index contributed by atoms with van der Waals surface area (Å²) in [7, 11) is 0. The number of rotatable bonds is 7. The van der Waals surface area contributed by atoms with Crippen molar-refractivity contribution in [3.05, 3.63) is 121 Å². The summed E-state index contributed by atoms with van der Waals surface area (Å²) in [5.74, 6) is 1.30. The topological polar surface area (TPSA) is 27.0 Å². The number of pyridine rings is 1. The molecule has 1 aromatic heterocycles. The number of benzene rings is 2. The van der Waals surface area contributed by atoms with Crippen molar-refractivity contribution in [2.75, 3.05) is 0 Å². The molecule has 0 bridgehead atoms. The van der Waals surface area contributed by atoms with E-state index >= 15 is 0 Å². The van der Waals surface area contributed by atoms with Crippen molar-refractivity contribution in [1.29, 1.82) is 0 Å². The molecule has 1 saturated carbocycles. The molecule has 3 heteroatoms. The van der Waals surface area contributed by atoms with Gasteiger partial charge in [-0.05, 0) is 42.5 Å². The van der Waals surface area contributed by atoms with Crippen LogP contribution in [-0.4, -0.2) is 4.98 Å². The zero-order valence-electron chi connectivity index (χ0n) is 22.7. The zero-order valence-corrected chi connectivity index (χ0v) is 25.1. The summed E-state index contributed by atoms with van der Waals surface area (Å²) < 4.78 is 0. The Bertz CT molecular complexity index is 1020. The SMILES string of the molecule is Cc1ccccc1C([N-]c1c(C(C)C)cccc1C(C)C)c1cccc(C2[CH-]CCC2)n1.[CH3-].[CH3-].[Zr+3]. The minimum atomic E-state index is -0.116. The van der Waals surface area contributed by atoms with Crippen LogP contribution in [0.4, 0.5) is 5.69 Å². The number of para-hydroxylation sites is 1. The molecule has 0 spiro atoms. The smallest absolute Gasteiger partial charge is 0.673 e. The van der Waals surface area contributed by atoms with Gasteiger partial charge in [-0.15, -0.1) is 11.6 Å². The first-order valence-electron chi connectivity index (χ1n) is 12.1. The van der Waals surface area contributed by atoms with Gasteiger partial charge in [0.25, 0.3) is 0 Å². The van der Waals surface area contributed by atoms with Crippen molar-refractivity contribution < 1.29 is 26.2 Å². The standard InChI is InChI=1S/C30H36N2.2CH3.Zr/c1-20(2)24-16-10-17-25(21(3)4)29(24)32-30(26-15-9-6-12-22(26)5)28-19-11-18-27(31-28)23-13-7-8-14-23;;;/h6,9-13,15-21,23,30H,7-8,14H2,1-5H3;2*1H3;/q-2;2*-1;+3.